The van der Waals surface area contributed by atoms with Crippen molar-refractivity contribution in [1.82, 2.24) is 0 Å². The molecular weight excluding hydrogens is 206 g/mol. The molecule has 0 aromatic carbocycles. The van der Waals surface area contributed by atoms with Gasteiger partial charge in [-0.05, 0) is 56.3 Å². The fraction of sp³-hybridized carbons (Fsp3) is 1.00. The summed E-state index contributed by atoms with van der Waals surface area (Å²) in [5.74, 6) is 0.972. The topological polar surface area (TPSA) is 26.0 Å². The van der Waals surface area contributed by atoms with E-state index in [0.29, 0.717) is 11.5 Å². The van der Waals surface area contributed by atoms with Gasteiger partial charge in [0.05, 0.1) is 0 Å². The minimum Gasteiger partial charge on any atom is -0.328 e. The lowest BCUT2D eigenvalue weighted by atomic mass is 9.76. The van der Waals surface area contributed by atoms with Crippen LogP contribution in [-0.4, -0.2) is 6.04 Å². The molecule has 2 N–H and O–H groups in total. The highest BCUT2D eigenvalue weighted by Gasteiger charge is 2.22. The van der Waals surface area contributed by atoms with E-state index in [-0.39, 0.29) is 0 Å². The molecule has 0 heterocycles. The highest BCUT2D eigenvalue weighted by molar-refractivity contribution is 4.77. The maximum absolute atomic E-state index is 5.96. The van der Waals surface area contributed by atoms with E-state index in [0.717, 1.165) is 5.92 Å². The molecule has 0 amide bonds. The van der Waals surface area contributed by atoms with Crippen LogP contribution in [0.3, 0.4) is 0 Å². The molecule has 0 bridgehead atoms. The molecule has 1 saturated carbocycles. The second kappa shape index (κ2) is 7.41. The van der Waals surface area contributed by atoms with E-state index >= 15 is 0 Å². The second-order valence-corrected chi connectivity index (χ2v) is 6.94. The zero-order chi connectivity index (χ0) is 12.7. The molecule has 0 aromatic heterocycles. The summed E-state index contributed by atoms with van der Waals surface area (Å²) in [6.07, 6.45) is 13.7. The molecule has 1 aliphatic rings. The van der Waals surface area contributed by atoms with Crippen molar-refractivity contribution in [1.29, 1.82) is 0 Å². The zero-order valence-corrected chi connectivity index (χ0v) is 12.3. The van der Waals surface area contributed by atoms with E-state index in [2.05, 4.69) is 20.8 Å². The summed E-state index contributed by atoms with van der Waals surface area (Å²) < 4.78 is 0. The predicted molar refractivity (Wildman–Crippen MR) is 77.1 cm³/mol. The van der Waals surface area contributed by atoms with Crippen LogP contribution in [-0.2, 0) is 0 Å². The third kappa shape index (κ3) is 6.45. The van der Waals surface area contributed by atoms with Gasteiger partial charge in [0.2, 0.25) is 0 Å². The molecule has 1 fully saturated rings. The van der Waals surface area contributed by atoms with Crippen molar-refractivity contribution in [2.24, 2.45) is 17.1 Å². The lowest BCUT2D eigenvalue weighted by Crippen LogP contribution is -2.27. The summed E-state index contributed by atoms with van der Waals surface area (Å²) in [5.41, 5.74) is 6.52. The predicted octanol–water partition coefficient (Wildman–Crippen LogP) is 4.89. The molecule has 1 aliphatic carbocycles. The van der Waals surface area contributed by atoms with Crippen molar-refractivity contribution in [3.63, 3.8) is 0 Å². The summed E-state index contributed by atoms with van der Waals surface area (Å²) in [7, 11) is 0. The maximum atomic E-state index is 5.96. The van der Waals surface area contributed by atoms with Crippen LogP contribution in [0.2, 0.25) is 0 Å². The number of hydrogen-bond acceptors (Lipinski definition) is 1. The van der Waals surface area contributed by atoms with Crippen molar-refractivity contribution in [3.8, 4) is 0 Å². The van der Waals surface area contributed by atoms with Crippen molar-refractivity contribution >= 4 is 0 Å². The van der Waals surface area contributed by atoms with Gasteiger partial charge in [-0.2, -0.15) is 0 Å². The minimum absolute atomic E-state index is 0.504. The molecule has 1 nitrogen and oxygen atoms in total. The summed E-state index contributed by atoms with van der Waals surface area (Å²) >= 11 is 0. The SMILES string of the molecule is CCCCCC(C)(C)CCC1CCC(N)CC1. The second-order valence-electron chi connectivity index (χ2n) is 6.94. The molecule has 1 rings (SSSR count). The standard InChI is InChI=1S/C16H33N/c1-4-5-6-12-16(2,3)13-11-14-7-9-15(17)10-8-14/h14-15H,4-13,17H2,1-3H3. The first-order valence-corrected chi connectivity index (χ1v) is 7.79. The third-order valence-electron chi connectivity index (χ3n) is 4.58. The van der Waals surface area contributed by atoms with E-state index in [1.807, 2.05) is 0 Å². The highest BCUT2D eigenvalue weighted by atomic mass is 14.6. The van der Waals surface area contributed by atoms with Crippen LogP contribution < -0.4 is 5.73 Å². The smallest absolute Gasteiger partial charge is 0.00390 e. The van der Waals surface area contributed by atoms with Crippen LogP contribution >= 0.6 is 0 Å². The van der Waals surface area contributed by atoms with Crippen LogP contribution in [0.1, 0.15) is 85.0 Å². The van der Waals surface area contributed by atoms with E-state index in [1.165, 1.54) is 64.2 Å². The molecule has 0 unspecified atom stereocenters. The first-order chi connectivity index (χ1) is 8.03. The van der Waals surface area contributed by atoms with Gasteiger partial charge in [0.1, 0.15) is 0 Å². The van der Waals surface area contributed by atoms with Crippen molar-refractivity contribution in [2.45, 2.75) is 91.0 Å². The Balaban J connectivity index is 2.15. The molecule has 0 spiro atoms. The Bertz CT molecular complexity index is 190. The van der Waals surface area contributed by atoms with Gasteiger partial charge in [-0.15, -0.1) is 0 Å². The number of hydrogen-bond donors (Lipinski definition) is 1. The lowest BCUT2D eigenvalue weighted by Gasteiger charge is -2.30. The summed E-state index contributed by atoms with van der Waals surface area (Å²) in [4.78, 5) is 0. The molecular formula is C16H33N. The van der Waals surface area contributed by atoms with Crippen molar-refractivity contribution in [2.75, 3.05) is 0 Å². The van der Waals surface area contributed by atoms with Crippen LogP contribution in [0.15, 0.2) is 0 Å². The zero-order valence-electron chi connectivity index (χ0n) is 12.3. The quantitative estimate of drug-likeness (QED) is 0.629. The highest BCUT2D eigenvalue weighted by Crippen LogP contribution is 2.34. The largest absolute Gasteiger partial charge is 0.328 e. The molecule has 17 heavy (non-hydrogen) atoms. The fourth-order valence-electron chi connectivity index (χ4n) is 3.05. The van der Waals surface area contributed by atoms with Gasteiger partial charge in [0.15, 0.2) is 0 Å². The molecule has 102 valence electrons. The van der Waals surface area contributed by atoms with E-state index in [1.54, 1.807) is 0 Å². The monoisotopic (exact) mass is 239 g/mol. The van der Waals surface area contributed by atoms with Gasteiger partial charge in [0.25, 0.3) is 0 Å². The van der Waals surface area contributed by atoms with E-state index in [4.69, 9.17) is 5.73 Å². The molecule has 0 radical (unpaired) electrons. The van der Waals surface area contributed by atoms with Gasteiger partial charge >= 0.3 is 0 Å². The maximum Gasteiger partial charge on any atom is 0.00390 e. The van der Waals surface area contributed by atoms with Crippen LogP contribution in [0.25, 0.3) is 0 Å². The van der Waals surface area contributed by atoms with E-state index < -0.39 is 0 Å². The minimum atomic E-state index is 0.504. The number of unbranched alkanes of at least 4 members (excludes halogenated alkanes) is 2. The Hall–Kier alpha value is -0.0400. The first kappa shape index (κ1) is 15.0. The Morgan fingerprint density at radius 2 is 1.65 bits per heavy atom. The Labute approximate surface area is 109 Å². The third-order valence-corrected chi connectivity index (χ3v) is 4.58. The number of nitrogens with two attached hydrogens (primary N) is 1. The summed E-state index contributed by atoms with van der Waals surface area (Å²) in [6.45, 7) is 7.20. The molecule has 1 heteroatoms. The molecule has 0 saturated heterocycles. The molecule has 0 aromatic rings. The van der Waals surface area contributed by atoms with Gasteiger partial charge < -0.3 is 5.73 Å². The molecule has 0 atom stereocenters. The Kier molecular flexibility index (Phi) is 6.54. The molecule has 0 aliphatic heterocycles. The van der Waals surface area contributed by atoms with E-state index in [9.17, 15) is 0 Å². The van der Waals surface area contributed by atoms with Gasteiger partial charge in [0, 0.05) is 6.04 Å². The number of rotatable bonds is 7. The van der Waals surface area contributed by atoms with Crippen LogP contribution in [0.4, 0.5) is 0 Å². The lowest BCUT2D eigenvalue weighted by molar-refractivity contribution is 0.231. The van der Waals surface area contributed by atoms with Gasteiger partial charge in [-0.25, -0.2) is 0 Å². The summed E-state index contributed by atoms with van der Waals surface area (Å²) in [6, 6.07) is 0.504. The average Bonchev–Trinajstić information content (AvgIpc) is 2.29. The van der Waals surface area contributed by atoms with Gasteiger partial charge in [-0.1, -0.05) is 40.0 Å². The van der Waals surface area contributed by atoms with Crippen molar-refractivity contribution < 1.29 is 0 Å². The fourth-order valence-corrected chi connectivity index (χ4v) is 3.05. The summed E-state index contributed by atoms with van der Waals surface area (Å²) in [5, 5.41) is 0. The van der Waals surface area contributed by atoms with Crippen LogP contribution in [0.5, 0.6) is 0 Å². The Morgan fingerprint density at radius 3 is 2.24 bits per heavy atom. The van der Waals surface area contributed by atoms with Crippen molar-refractivity contribution in [3.05, 3.63) is 0 Å². The Morgan fingerprint density at radius 1 is 1.00 bits per heavy atom. The van der Waals surface area contributed by atoms with Gasteiger partial charge in [-0.3, -0.25) is 0 Å². The van der Waals surface area contributed by atoms with Crippen LogP contribution in [0, 0.1) is 11.3 Å². The normalized spacial score (nSPS) is 26.1. The first-order valence-electron chi connectivity index (χ1n) is 7.79. The average molecular weight is 239 g/mol.